The van der Waals surface area contributed by atoms with Crippen LogP contribution in [-0.2, 0) is 29.1 Å². The third kappa shape index (κ3) is 6.39. The van der Waals surface area contributed by atoms with Gasteiger partial charge in [-0.3, -0.25) is 14.7 Å². The summed E-state index contributed by atoms with van der Waals surface area (Å²) in [4.78, 5) is 19.7. The van der Waals surface area contributed by atoms with Crippen molar-refractivity contribution < 1.29 is 26.4 Å². The van der Waals surface area contributed by atoms with E-state index in [1.165, 1.54) is 12.1 Å². The fourth-order valence-electron chi connectivity index (χ4n) is 5.72. The maximum Gasteiger partial charge on any atom is 0.416 e. The largest absolute Gasteiger partial charge is 0.416 e. The number of fused-ring (bicyclic) bond motifs is 1. The molecule has 0 radical (unpaired) electrons. The number of halogens is 3. The molecule has 1 N–H and O–H groups in total. The van der Waals surface area contributed by atoms with Gasteiger partial charge in [-0.25, -0.2) is 8.42 Å². The molecule has 1 fully saturated rings. The Labute approximate surface area is 222 Å². The lowest BCUT2D eigenvalue weighted by Crippen LogP contribution is -2.34. The molecule has 1 atom stereocenters. The van der Waals surface area contributed by atoms with E-state index in [4.69, 9.17) is 0 Å². The van der Waals surface area contributed by atoms with Crippen LogP contribution in [0.2, 0.25) is 0 Å². The molecule has 0 saturated heterocycles. The fourth-order valence-corrected chi connectivity index (χ4v) is 7.19. The van der Waals surface area contributed by atoms with Crippen LogP contribution in [0.25, 0.3) is 0 Å². The van der Waals surface area contributed by atoms with Crippen molar-refractivity contribution in [2.45, 2.75) is 77.0 Å². The van der Waals surface area contributed by atoms with E-state index in [1.54, 1.807) is 13.1 Å². The lowest BCUT2D eigenvalue weighted by atomic mass is 9.89. The highest BCUT2D eigenvalue weighted by molar-refractivity contribution is 7.92. The van der Waals surface area contributed by atoms with Crippen LogP contribution in [0.3, 0.4) is 0 Å². The number of nitrogens with one attached hydrogen (secondary N) is 1. The normalized spacial score (nSPS) is 22.4. The van der Waals surface area contributed by atoms with Crippen molar-refractivity contribution in [3.05, 3.63) is 64.5 Å². The van der Waals surface area contributed by atoms with E-state index in [0.29, 0.717) is 38.0 Å². The molecule has 0 unspecified atom stereocenters. The van der Waals surface area contributed by atoms with Gasteiger partial charge in [0.1, 0.15) is 0 Å². The summed E-state index contributed by atoms with van der Waals surface area (Å²) in [6.07, 6.45) is 0.0723. The molecule has 2 heterocycles. The maximum absolute atomic E-state index is 12.9. The zero-order valence-corrected chi connectivity index (χ0v) is 22.9. The molecule has 1 aliphatic heterocycles. The summed E-state index contributed by atoms with van der Waals surface area (Å²) < 4.78 is 63.0. The Bertz CT molecular complexity index is 1240. The first-order chi connectivity index (χ1) is 17.9. The molecule has 1 aromatic heterocycles. The number of alkyl halides is 3. The molecule has 1 aliphatic carbocycles. The summed E-state index contributed by atoms with van der Waals surface area (Å²) in [5, 5.41) is 2.73. The van der Waals surface area contributed by atoms with Crippen LogP contribution in [0, 0.1) is 11.8 Å². The minimum atomic E-state index is -4.36. The molecule has 208 valence electrons. The number of aromatic nitrogens is 1. The number of amides is 1. The molecule has 6 nitrogen and oxygen atoms in total. The first kappa shape index (κ1) is 28.5. The number of nitrogens with zero attached hydrogens (tertiary/aromatic N) is 2. The molecule has 4 rings (SSSR count). The minimum absolute atomic E-state index is 0.000937. The van der Waals surface area contributed by atoms with Gasteiger partial charge in [-0.2, -0.15) is 13.2 Å². The average molecular weight is 552 g/mol. The van der Waals surface area contributed by atoms with E-state index in [1.807, 2.05) is 6.07 Å². The van der Waals surface area contributed by atoms with Gasteiger partial charge >= 0.3 is 6.18 Å². The first-order valence-electron chi connectivity index (χ1n) is 13.3. The van der Waals surface area contributed by atoms with Gasteiger partial charge in [0.05, 0.1) is 28.1 Å². The Hall–Kier alpha value is -2.46. The highest BCUT2D eigenvalue weighted by atomic mass is 32.2. The predicted molar refractivity (Wildman–Crippen MR) is 140 cm³/mol. The second kappa shape index (κ2) is 11.3. The third-order valence-corrected chi connectivity index (χ3v) is 10.2. The molecule has 0 spiro atoms. The summed E-state index contributed by atoms with van der Waals surface area (Å²) in [5.74, 6) is 0.453. The van der Waals surface area contributed by atoms with Gasteiger partial charge in [0.15, 0.2) is 9.84 Å². The van der Waals surface area contributed by atoms with Gasteiger partial charge in [-0.05, 0) is 66.8 Å². The zero-order valence-electron chi connectivity index (χ0n) is 22.1. The molecule has 2 aliphatic rings. The van der Waals surface area contributed by atoms with Crippen LogP contribution >= 0.6 is 0 Å². The second-order valence-corrected chi connectivity index (χ2v) is 13.4. The number of carbonyl (C=O) groups excluding carboxylic acids is 1. The number of rotatable bonds is 8. The predicted octanol–water partition coefficient (Wildman–Crippen LogP) is 5.54. The number of benzene rings is 1. The molecule has 2 aromatic rings. The van der Waals surface area contributed by atoms with Crippen LogP contribution in [-0.4, -0.2) is 41.8 Å². The maximum atomic E-state index is 12.9. The Kier molecular flexibility index (Phi) is 8.52. The van der Waals surface area contributed by atoms with Crippen LogP contribution in [0.5, 0.6) is 0 Å². The van der Waals surface area contributed by atoms with E-state index in [0.717, 1.165) is 41.8 Å². The third-order valence-electron chi connectivity index (χ3n) is 7.86. The van der Waals surface area contributed by atoms with Crippen molar-refractivity contribution in [1.82, 2.24) is 15.2 Å². The van der Waals surface area contributed by atoms with E-state index >= 15 is 0 Å². The van der Waals surface area contributed by atoms with E-state index < -0.39 is 21.6 Å². The average Bonchev–Trinajstić information content (AvgIpc) is 3.24. The van der Waals surface area contributed by atoms with E-state index in [9.17, 15) is 26.4 Å². The quantitative estimate of drug-likeness (QED) is 0.466. The van der Waals surface area contributed by atoms with Gasteiger partial charge in [0.2, 0.25) is 0 Å². The molecular formula is C28H36F3N3O3S. The van der Waals surface area contributed by atoms with Gasteiger partial charge in [-0.15, -0.1) is 0 Å². The van der Waals surface area contributed by atoms with Gasteiger partial charge in [-0.1, -0.05) is 32.9 Å². The van der Waals surface area contributed by atoms with Crippen molar-refractivity contribution in [3.63, 3.8) is 0 Å². The molecule has 1 saturated carbocycles. The fraction of sp³-hybridized carbons (Fsp3) is 0.571. The number of hydrogen-bond donors (Lipinski definition) is 1. The first-order valence-corrected chi connectivity index (χ1v) is 15.0. The number of pyridine rings is 1. The van der Waals surface area contributed by atoms with Crippen molar-refractivity contribution in [2.24, 2.45) is 11.8 Å². The Balaban J connectivity index is 1.38. The van der Waals surface area contributed by atoms with E-state index in [2.05, 4.69) is 29.0 Å². The lowest BCUT2D eigenvalue weighted by molar-refractivity contribution is -0.137. The summed E-state index contributed by atoms with van der Waals surface area (Å²) in [5.41, 5.74) is 2.45. The van der Waals surface area contributed by atoms with Gasteiger partial charge in [0.25, 0.3) is 5.91 Å². The Morgan fingerprint density at radius 2 is 1.79 bits per heavy atom. The topological polar surface area (TPSA) is 79.4 Å². The Morgan fingerprint density at radius 3 is 2.37 bits per heavy atom. The Morgan fingerprint density at radius 1 is 1.13 bits per heavy atom. The van der Waals surface area contributed by atoms with Gasteiger partial charge < -0.3 is 5.32 Å². The van der Waals surface area contributed by atoms with E-state index in [-0.39, 0.29) is 34.8 Å². The minimum Gasteiger partial charge on any atom is -0.352 e. The number of sulfone groups is 1. The van der Waals surface area contributed by atoms with Crippen LogP contribution in [0.4, 0.5) is 13.2 Å². The number of hydrogen-bond acceptors (Lipinski definition) is 5. The molecule has 38 heavy (non-hydrogen) atoms. The summed E-state index contributed by atoms with van der Waals surface area (Å²) >= 11 is 0. The van der Waals surface area contributed by atoms with Crippen molar-refractivity contribution in [1.29, 1.82) is 0 Å². The summed E-state index contributed by atoms with van der Waals surface area (Å²) in [6.45, 7) is 7.40. The lowest BCUT2D eigenvalue weighted by Gasteiger charge is -2.28. The zero-order chi connectivity index (χ0) is 27.7. The summed E-state index contributed by atoms with van der Waals surface area (Å²) in [6, 6.07) is 7.11. The molecule has 1 aromatic carbocycles. The van der Waals surface area contributed by atoms with Crippen molar-refractivity contribution >= 4 is 15.7 Å². The van der Waals surface area contributed by atoms with Crippen LogP contribution in [0.15, 0.2) is 36.5 Å². The SMILES string of the molecule is CCS(=O)(=O)C1CCC(CNC(=O)c2cnc3c(c2)CN(Cc2ccc(C(F)(F)F)cc2)[C@H]3C(C)C)CC1. The molecule has 0 bridgehead atoms. The summed E-state index contributed by atoms with van der Waals surface area (Å²) in [7, 11) is -3.01. The highest BCUT2D eigenvalue weighted by Gasteiger charge is 2.35. The van der Waals surface area contributed by atoms with Crippen LogP contribution < -0.4 is 5.32 Å². The van der Waals surface area contributed by atoms with Crippen molar-refractivity contribution in [3.8, 4) is 0 Å². The molecule has 10 heteroatoms. The van der Waals surface area contributed by atoms with Crippen molar-refractivity contribution in [2.75, 3.05) is 12.3 Å². The standard InChI is InChI=1S/C28H36F3N3O3S/c1-4-38(36,37)24-11-7-19(8-12-24)14-33-27(35)21-13-22-17-34(26(18(2)3)25(22)32-15-21)16-20-5-9-23(10-6-20)28(29,30)31/h5-6,9-10,13,15,18-19,24,26H,4,7-8,11-12,14,16-17H2,1-3H3,(H,33,35)/t19?,24?,26-/m0/s1. The monoisotopic (exact) mass is 551 g/mol. The second-order valence-electron chi connectivity index (χ2n) is 10.9. The van der Waals surface area contributed by atoms with Gasteiger partial charge in [0, 0.05) is 31.6 Å². The number of carbonyl (C=O) groups is 1. The highest BCUT2D eigenvalue weighted by Crippen LogP contribution is 2.39. The van der Waals surface area contributed by atoms with Crippen LogP contribution in [0.1, 0.15) is 85.2 Å². The molecular weight excluding hydrogens is 515 g/mol. The smallest absolute Gasteiger partial charge is 0.352 e. The molecule has 1 amide bonds.